The SMILES string of the molecule is COc1ccc(COCC[C@H]2OC(C)(C)O[C@]2(C)/C(C)=C/C(=O)O)cc1. The fourth-order valence-electron chi connectivity index (χ4n) is 3.15. The molecule has 1 N–H and O–H groups in total. The van der Waals surface area contributed by atoms with Crippen LogP contribution in [0.5, 0.6) is 5.75 Å². The van der Waals surface area contributed by atoms with Crippen molar-refractivity contribution in [3.8, 4) is 5.75 Å². The number of ether oxygens (including phenoxy) is 4. The molecule has 2 rings (SSSR count). The molecule has 144 valence electrons. The zero-order valence-electron chi connectivity index (χ0n) is 16.1. The lowest BCUT2D eigenvalue weighted by Gasteiger charge is -2.30. The van der Waals surface area contributed by atoms with E-state index in [4.69, 9.17) is 24.1 Å². The van der Waals surface area contributed by atoms with Crippen molar-refractivity contribution in [3.05, 3.63) is 41.5 Å². The first-order valence-electron chi connectivity index (χ1n) is 8.66. The van der Waals surface area contributed by atoms with Gasteiger partial charge in [-0.3, -0.25) is 0 Å². The second-order valence-electron chi connectivity index (χ2n) is 7.07. The summed E-state index contributed by atoms with van der Waals surface area (Å²) in [5.41, 5.74) is 0.876. The minimum absolute atomic E-state index is 0.288. The lowest BCUT2D eigenvalue weighted by molar-refractivity contribution is -0.156. The summed E-state index contributed by atoms with van der Waals surface area (Å²) in [6.07, 6.45) is 1.49. The number of hydrogen-bond donors (Lipinski definition) is 1. The van der Waals surface area contributed by atoms with E-state index in [-0.39, 0.29) is 6.10 Å². The summed E-state index contributed by atoms with van der Waals surface area (Å²) in [5.74, 6) is -0.960. The normalized spacial score (nSPS) is 25.3. The molecule has 0 radical (unpaired) electrons. The highest BCUT2D eigenvalue weighted by Gasteiger charge is 2.50. The summed E-state index contributed by atoms with van der Waals surface area (Å²) in [6, 6.07) is 7.71. The first-order valence-corrected chi connectivity index (χ1v) is 8.66. The van der Waals surface area contributed by atoms with Gasteiger partial charge in [-0.05, 0) is 51.0 Å². The molecule has 1 aromatic rings. The van der Waals surface area contributed by atoms with E-state index in [2.05, 4.69) is 0 Å². The Labute approximate surface area is 154 Å². The number of aliphatic carboxylic acids is 1. The highest BCUT2D eigenvalue weighted by atomic mass is 16.8. The molecule has 0 saturated carbocycles. The first kappa shape index (κ1) is 20.4. The van der Waals surface area contributed by atoms with Gasteiger partial charge in [0.15, 0.2) is 5.79 Å². The predicted octanol–water partition coefficient (Wildman–Crippen LogP) is 3.54. The second kappa shape index (κ2) is 8.20. The van der Waals surface area contributed by atoms with Gasteiger partial charge in [0.05, 0.1) is 19.8 Å². The third-order valence-corrected chi connectivity index (χ3v) is 4.57. The van der Waals surface area contributed by atoms with Crippen molar-refractivity contribution in [2.45, 2.75) is 58.2 Å². The summed E-state index contributed by atoms with van der Waals surface area (Å²) in [4.78, 5) is 11.0. The first-order chi connectivity index (χ1) is 12.2. The molecule has 0 amide bonds. The van der Waals surface area contributed by atoms with Gasteiger partial charge in [-0.1, -0.05) is 12.1 Å². The van der Waals surface area contributed by atoms with Crippen LogP contribution in [-0.4, -0.2) is 42.3 Å². The number of rotatable bonds is 8. The Balaban J connectivity index is 1.94. The molecule has 0 aromatic heterocycles. The van der Waals surface area contributed by atoms with Crippen molar-refractivity contribution >= 4 is 5.97 Å². The maximum Gasteiger partial charge on any atom is 0.328 e. The van der Waals surface area contributed by atoms with Crippen molar-refractivity contribution in [1.82, 2.24) is 0 Å². The van der Waals surface area contributed by atoms with E-state index in [0.717, 1.165) is 11.3 Å². The Morgan fingerprint density at radius 1 is 1.27 bits per heavy atom. The number of benzene rings is 1. The van der Waals surface area contributed by atoms with Gasteiger partial charge in [0.2, 0.25) is 0 Å². The smallest absolute Gasteiger partial charge is 0.328 e. The highest BCUT2D eigenvalue weighted by molar-refractivity contribution is 5.81. The van der Waals surface area contributed by atoms with Crippen LogP contribution in [0, 0.1) is 0 Å². The molecule has 6 nitrogen and oxygen atoms in total. The molecule has 1 saturated heterocycles. The van der Waals surface area contributed by atoms with Gasteiger partial charge in [-0.25, -0.2) is 4.79 Å². The van der Waals surface area contributed by atoms with Gasteiger partial charge in [-0.15, -0.1) is 0 Å². The van der Waals surface area contributed by atoms with Gasteiger partial charge in [0.1, 0.15) is 11.4 Å². The van der Waals surface area contributed by atoms with E-state index < -0.39 is 17.4 Å². The van der Waals surface area contributed by atoms with Gasteiger partial charge in [-0.2, -0.15) is 0 Å². The number of methoxy groups -OCH3 is 1. The van der Waals surface area contributed by atoms with E-state index in [9.17, 15) is 4.79 Å². The molecular weight excluding hydrogens is 336 g/mol. The van der Waals surface area contributed by atoms with Gasteiger partial charge in [0.25, 0.3) is 0 Å². The summed E-state index contributed by atoms with van der Waals surface area (Å²) < 4.78 is 22.9. The van der Waals surface area contributed by atoms with Gasteiger partial charge < -0.3 is 24.1 Å². The average molecular weight is 364 g/mol. The van der Waals surface area contributed by atoms with Crippen LogP contribution < -0.4 is 4.74 Å². The molecule has 0 unspecified atom stereocenters. The molecule has 2 atom stereocenters. The van der Waals surface area contributed by atoms with Crippen molar-refractivity contribution in [3.63, 3.8) is 0 Å². The van der Waals surface area contributed by atoms with E-state index in [1.165, 1.54) is 6.08 Å². The molecule has 1 aliphatic rings. The molecule has 0 aliphatic carbocycles. The summed E-state index contributed by atoms with van der Waals surface area (Å²) in [5, 5.41) is 9.05. The van der Waals surface area contributed by atoms with Crippen LogP contribution in [0.25, 0.3) is 0 Å². The second-order valence-corrected chi connectivity index (χ2v) is 7.07. The fraction of sp³-hybridized carbons (Fsp3) is 0.550. The highest BCUT2D eigenvalue weighted by Crippen LogP contribution is 2.42. The summed E-state index contributed by atoms with van der Waals surface area (Å²) in [6.45, 7) is 8.25. The largest absolute Gasteiger partial charge is 0.497 e. The standard InChI is InChI=1S/C20H28O6/c1-14(12-18(21)22)20(4)17(25-19(2,3)26-20)10-11-24-13-15-6-8-16(23-5)9-7-15/h6-9,12,17H,10-11,13H2,1-5H3,(H,21,22)/b14-12+/t17-,20-/m1/s1. The van der Waals surface area contributed by atoms with Crippen LogP contribution in [0.2, 0.25) is 0 Å². The molecule has 0 bridgehead atoms. The van der Waals surface area contributed by atoms with E-state index in [1.54, 1.807) is 14.0 Å². The van der Waals surface area contributed by atoms with Crippen molar-refractivity contribution in [2.24, 2.45) is 0 Å². The molecule has 0 spiro atoms. The molecular formula is C20H28O6. The molecule has 1 heterocycles. The average Bonchev–Trinajstić information content (AvgIpc) is 2.81. The summed E-state index contributed by atoms with van der Waals surface area (Å²) >= 11 is 0. The Bertz CT molecular complexity index is 649. The van der Waals surface area contributed by atoms with Gasteiger partial charge >= 0.3 is 5.97 Å². The third kappa shape index (κ3) is 5.06. The van der Waals surface area contributed by atoms with Crippen LogP contribution in [-0.2, 0) is 25.6 Å². The fourth-order valence-corrected chi connectivity index (χ4v) is 3.15. The quantitative estimate of drug-likeness (QED) is 0.562. The Kier molecular flexibility index (Phi) is 6.44. The molecule has 1 fully saturated rings. The molecule has 1 aliphatic heterocycles. The van der Waals surface area contributed by atoms with Crippen LogP contribution in [0.3, 0.4) is 0 Å². The van der Waals surface area contributed by atoms with Gasteiger partial charge in [0, 0.05) is 19.1 Å². The van der Waals surface area contributed by atoms with Crippen molar-refractivity contribution in [2.75, 3.05) is 13.7 Å². The summed E-state index contributed by atoms with van der Waals surface area (Å²) in [7, 11) is 1.63. The van der Waals surface area contributed by atoms with Crippen LogP contribution >= 0.6 is 0 Å². The van der Waals surface area contributed by atoms with Crippen molar-refractivity contribution < 1.29 is 28.8 Å². The minimum Gasteiger partial charge on any atom is -0.497 e. The van der Waals surface area contributed by atoms with E-state index >= 15 is 0 Å². The Hall–Kier alpha value is -1.89. The maximum atomic E-state index is 11.0. The lowest BCUT2D eigenvalue weighted by Crippen LogP contribution is -2.39. The number of hydrogen-bond acceptors (Lipinski definition) is 5. The maximum absolute atomic E-state index is 11.0. The number of carbonyl (C=O) groups is 1. The van der Waals surface area contributed by atoms with Crippen LogP contribution in [0.1, 0.15) is 39.7 Å². The topological polar surface area (TPSA) is 74.2 Å². The molecule has 6 heteroatoms. The third-order valence-electron chi connectivity index (χ3n) is 4.57. The number of carboxylic acid groups (broad SMARTS) is 1. The molecule has 26 heavy (non-hydrogen) atoms. The zero-order chi connectivity index (χ0) is 19.4. The minimum atomic E-state index is -0.994. The monoisotopic (exact) mass is 364 g/mol. The number of carboxylic acids is 1. The predicted molar refractivity (Wildman–Crippen MR) is 97.1 cm³/mol. The molecule has 1 aromatic carbocycles. The lowest BCUT2D eigenvalue weighted by atomic mass is 9.89. The Morgan fingerprint density at radius 2 is 1.92 bits per heavy atom. The van der Waals surface area contributed by atoms with Crippen LogP contribution in [0.15, 0.2) is 35.9 Å². The zero-order valence-corrected chi connectivity index (χ0v) is 16.1. The van der Waals surface area contributed by atoms with E-state index in [1.807, 2.05) is 45.0 Å². The van der Waals surface area contributed by atoms with Crippen molar-refractivity contribution in [1.29, 1.82) is 0 Å². The Morgan fingerprint density at radius 3 is 2.50 bits per heavy atom. The van der Waals surface area contributed by atoms with E-state index in [0.29, 0.717) is 25.2 Å². The van der Waals surface area contributed by atoms with Crippen LogP contribution in [0.4, 0.5) is 0 Å².